The zero-order chi connectivity index (χ0) is 13.5. The first-order valence-corrected chi connectivity index (χ1v) is 6.57. The molecule has 1 unspecified atom stereocenters. The fraction of sp³-hybridized carbons (Fsp3) is 0.429. The van der Waals surface area contributed by atoms with Crippen LogP contribution in [0.15, 0.2) is 30.3 Å². The average Bonchev–Trinajstić information content (AvgIpc) is 2.45. The van der Waals surface area contributed by atoms with Crippen molar-refractivity contribution in [1.29, 1.82) is 0 Å². The van der Waals surface area contributed by atoms with Gasteiger partial charge in [-0.15, -0.1) is 0 Å². The van der Waals surface area contributed by atoms with Gasteiger partial charge in [-0.25, -0.2) is 0 Å². The summed E-state index contributed by atoms with van der Waals surface area (Å²) in [5.41, 5.74) is 1.06. The molecule has 3 N–H and O–H groups in total. The summed E-state index contributed by atoms with van der Waals surface area (Å²) in [6.07, 6.45) is 1.74. The summed E-state index contributed by atoms with van der Waals surface area (Å²) < 4.78 is 0. The van der Waals surface area contributed by atoms with E-state index in [1.54, 1.807) is 0 Å². The summed E-state index contributed by atoms with van der Waals surface area (Å²) in [4.78, 5) is 23.1. The molecule has 0 aliphatic carbocycles. The second-order valence-corrected chi connectivity index (χ2v) is 4.63. The highest BCUT2D eigenvalue weighted by molar-refractivity contribution is 5.84. The van der Waals surface area contributed by atoms with E-state index < -0.39 is 0 Å². The van der Waals surface area contributed by atoms with Gasteiger partial charge >= 0.3 is 0 Å². The van der Waals surface area contributed by atoms with E-state index in [2.05, 4.69) is 16.0 Å². The predicted octanol–water partition coefficient (Wildman–Crippen LogP) is 0.171. The largest absolute Gasteiger partial charge is 0.355 e. The van der Waals surface area contributed by atoms with Crippen molar-refractivity contribution in [2.75, 3.05) is 13.1 Å². The van der Waals surface area contributed by atoms with Gasteiger partial charge in [-0.05, 0) is 18.4 Å². The van der Waals surface area contributed by atoms with Crippen molar-refractivity contribution in [3.05, 3.63) is 35.9 Å². The quantitative estimate of drug-likeness (QED) is 0.707. The fourth-order valence-corrected chi connectivity index (χ4v) is 2.04. The van der Waals surface area contributed by atoms with Crippen LogP contribution in [0, 0.1) is 0 Å². The average molecular weight is 261 g/mol. The van der Waals surface area contributed by atoms with Crippen LogP contribution in [-0.4, -0.2) is 30.9 Å². The Morgan fingerprint density at radius 1 is 1.32 bits per heavy atom. The summed E-state index contributed by atoms with van der Waals surface area (Å²) in [5, 5.41) is 8.58. The van der Waals surface area contributed by atoms with Crippen molar-refractivity contribution in [2.24, 2.45) is 0 Å². The SMILES string of the molecule is O=C(CNC1CCCNC1=O)NCc1ccccc1. The third-order valence-corrected chi connectivity index (χ3v) is 3.13. The van der Waals surface area contributed by atoms with Crippen LogP contribution in [0.25, 0.3) is 0 Å². The first-order valence-electron chi connectivity index (χ1n) is 6.57. The van der Waals surface area contributed by atoms with E-state index in [-0.39, 0.29) is 24.4 Å². The Morgan fingerprint density at radius 3 is 2.84 bits per heavy atom. The van der Waals surface area contributed by atoms with E-state index in [1.807, 2.05) is 30.3 Å². The lowest BCUT2D eigenvalue weighted by atomic mass is 10.1. The van der Waals surface area contributed by atoms with Crippen molar-refractivity contribution in [1.82, 2.24) is 16.0 Å². The second-order valence-electron chi connectivity index (χ2n) is 4.63. The first kappa shape index (κ1) is 13.5. The first-order chi connectivity index (χ1) is 9.25. The van der Waals surface area contributed by atoms with Crippen LogP contribution in [0.5, 0.6) is 0 Å². The van der Waals surface area contributed by atoms with E-state index in [9.17, 15) is 9.59 Å². The van der Waals surface area contributed by atoms with Gasteiger partial charge in [0.2, 0.25) is 11.8 Å². The molecule has 5 nitrogen and oxygen atoms in total. The summed E-state index contributed by atoms with van der Waals surface area (Å²) in [6, 6.07) is 9.49. The highest BCUT2D eigenvalue weighted by Crippen LogP contribution is 2.02. The Kier molecular flexibility index (Phi) is 4.92. The van der Waals surface area contributed by atoms with Crippen LogP contribution in [0.2, 0.25) is 0 Å². The molecule has 2 rings (SSSR count). The zero-order valence-corrected chi connectivity index (χ0v) is 10.8. The lowest BCUT2D eigenvalue weighted by Gasteiger charge is -2.22. The number of amides is 2. The molecular formula is C14H19N3O2. The summed E-state index contributed by atoms with van der Waals surface area (Å²) in [6.45, 7) is 1.42. The molecule has 0 bridgehead atoms. The Morgan fingerprint density at radius 2 is 2.11 bits per heavy atom. The molecule has 1 aromatic carbocycles. The van der Waals surface area contributed by atoms with Gasteiger partial charge in [-0.1, -0.05) is 30.3 Å². The molecule has 0 saturated carbocycles. The molecule has 0 aromatic heterocycles. The molecule has 1 saturated heterocycles. The van der Waals surface area contributed by atoms with Gasteiger partial charge in [-0.3, -0.25) is 14.9 Å². The molecule has 1 atom stereocenters. The maximum Gasteiger partial charge on any atom is 0.237 e. The van der Waals surface area contributed by atoms with E-state index in [0.717, 1.165) is 24.9 Å². The fourth-order valence-electron chi connectivity index (χ4n) is 2.04. The Labute approximate surface area is 112 Å². The van der Waals surface area contributed by atoms with Gasteiger partial charge in [0, 0.05) is 13.1 Å². The van der Waals surface area contributed by atoms with Crippen LogP contribution in [0.3, 0.4) is 0 Å². The minimum Gasteiger partial charge on any atom is -0.355 e. The third kappa shape index (κ3) is 4.37. The van der Waals surface area contributed by atoms with Gasteiger partial charge in [0.05, 0.1) is 12.6 Å². The molecule has 1 aliphatic heterocycles. The maximum absolute atomic E-state index is 11.7. The standard InChI is InChI=1S/C14H19N3O2/c18-13(17-9-11-5-2-1-3-6-11)10-16-12-7-4-8-15-14(12)19/h1-3,5-6,12,16H,4,7-10H2,(H,15,19)(H,17,18). The predicted molar refractivity (Wildman–Crippen MR) is 72.3 cm³/mol. The van der Waals surface area contributed by atoms with E-state index in [1.165, 1.54) is 0 Å². The molecule has 1 fully saturated rings. The topological polar surface area (TPSA) is 70.2 Å². The molecule has 5 heteroatoms. The van der Waals surface area contributed by atoms with Crippen molar-refractivity contribution < 1.29 is 9.59 Å². The van der Waals surface area contributed by atoms with E-state index in [0.29, 0.717) is 6.54 Å². The second kappa shape index (κ2) is 6.89. The summed E-state index contributed by atoms with van der Waals surface area (Å²) in [5.74, 6) is -0.107. The van der Waals surface area contributed by atoms with Crippen LogP contribution >= 0.6 is 0 Å². The van der Waals surface area contributed by atoms with Crippen molar-refractivity contribution in [3.63, 3.8) is 0 Å². The molecule has 0 spiro atoms. The van der Waals surface area contributed by atoms with Crippen LogP contribution < -0.4 is 16.0 Å². The molecule has 0 radical (unpaired) electrons. The van der Waals surface area contributed by atoms with Crippen LogP contribution in [0.1, 0.15) is 18.4 Å². The molecule has 1 aromatic rings. The number of hydrogen-bond acceptors (Lipinski definition) is 3. The van der Waals surface area contributed by atoms with Gasteiger partial charge in [0.15, 0.2) is 0 Å². The lowest BCUT2D eigenvalue weighted by Crippen LogP contribution is -2.50. The highest BCUT2D eigenvalue weighted by Gasteiger charge is 2.21. The Balaban J connectivity index is 1.68. The van der Waals surface area contributed by atoms with Crippen LogP contribution in [0.4, 0.5) is 0 Å². The number of benzene rings is 1. The number of nitrogens with one attached hydrogen (secondary N) is 3. The molecule has 1 heterocycles. The Bertz CT molecular complexity index is 434. The third-order valence-electron chi connectivity index (χ3n) is 3.13. The minimum atomic E-state index is -0.240. The number of rotatable bonds is 5. The minimum absolute atomic E-state index is 0.0119. The number of piperidine rings is 1. The Hall–Kier alpha value is -1.88. The van der Waals surface area contributed by atoms with E-state index >= 15 is 0 Å². The molecule has 1 aliphatic rings. The molecule has 2 amide bonds. The highest BCUT2D eigenvalue weighted by atomic mass is 16.2. The maximum atomic E-state index is 11.7. The number of carbonyl (C=O) groups excluding carboxylic acids is 2. The molecule has 102 valence electrons. The summed E-state index contributed by atoms with van der Waals surface area (Å²) >= 11 is 0. The van der Waals surface area contributed by atoms with E-state index in [4.69, 9.17) is 0 Å². The molecule has 19 heavy (non-hydrogen) atoms. The lowest BCUT2D eigenvalue weighted by molar-refractivity contribution is -0.125. The smallest absolute Gasteiger partial charge is 0.237 e. The number of carbonyl (C=O) groups is 2. The van der Waals surface area contributed by atoms with Crippen LogP contribution in [-0.2, 0) is 16.1 Å². The van der Waals surface area contributed by atoms with Gasteiger partial charge in [0.1, 0.15) is 0 Å². The van der Waals surface area contributed by atoms with Gasteiger partial charge in [-0.2, -0.15) is 0 Å². The number of hydrogen-bond donors (Lipinski definition) is 3. The van der Waals surface area contributed by atoms with Gasteiger partial charge < -0.3 is 10.6 Å². The zero-order valence-electron chi connectivity index (χ0n) is 10.8. The van der Waals surface area contributed by atoms with Gasteiger partial charge in [0.25, 0.3) is 0 Å². The van der Waals surface area contributed by atoms with Crippen molar-refractivity contribution >= 4 is 11.8 Å². The monoisotopic (exact) mass is 261 g/mol. The summed E-state index contributed by atoms with van der Waals surface area (Å²) in [7, 11) is 0. The molecular weight excluding hydrogens is 242 g/mol. The normalized spacial score (nSPS) is 18.7. The van der Waals surface area contributed by atoms with Crippen molar-refractivity contribution in [3.8, 4) is 0 Å². The van der Waals surface area contributed by atoms with Crippen molar-refractivity contribution in [2.45, 2.75) is 25.4 Å².